The number of aromatic nitrogens is 4. The number of carbonyl (C=O) groups excluding carboxylic acids is 1. The maximum Gasteiger partial charge on any atom is 0.231 e. The van der Waals surface area contributed by atoms with E-state index in [1.165, 1.54) is 5.69 Å². The van der Waals surface area contributed by atoms with Crippen LogP contribution in [0.2, 0.25) is 0 Å². The highest BCUT2D eigenvalue weighted by atomic mass is 16.7. The highest BCUT2D eigenvalue weighted by molar-refractivity contribution is 5.86. The Kier molecular flexibility index (Phi) is 6.89. The van der Waals surface area contributed by atoms with Crippen LogP contribution in [0.3, 0.4) is 0 Å². The summed E-state index contributed by atoms with van der Waals surface area (Å²) in [5.74, 6) is 2.77. The van der Waals surface area contributed by atoms with Crippen LogP contribution in [0.4, 0.5) is 23.1 Å². The molecule has 2 N–H and O–H groups in total. The highest BCUT2D eigenvalue weighted by Gasteiger charge is 2.21. The quantitative estimate of drug-likeness (QED) is 0.318. The average molecular weight is 557 g/mol. The predicted molar refractivity (Wildman–Crippen MR) is 154 cm³/mol. The van der Waals surface area contributed by atoms with Crippen molar-refractivity contribution in [2.24, 2.45) is 0 Å². The maximum absolute atomic E-state index is 12.2. The number of nitrogens with zero attached hydrogens (tertiary/aromatic N) is 6. The van der Waals surface area contributed by atoms with Crippen LogP contribution in [0.15, 0.2) is 48.8 Å². The summed E-state index contributed by atoms with van der Waals surface area (Å²) in [7, 11) is 0. The summed E-state index contributed by atoms with van der Waals surface area (Å²) in [5, 5.41) is 6.82. The van der Waals surface area contributed by atoms with Gasteiger partial charge in [0.05, 0.1) is 19.5 Å². The van der Waals surface area contributed by atoms with Crippen LogP contribution >= 0.6 is 0 Å². The Hall–Kier alpha value is -4.58. The molecule has 3 aliphatic heterocycles. The van der Waals surface area contributed by atoms with Crippen molar-refractivity contribution in [3.05, 3.63) is 54.4 Å². The van der Waals surface area contributed by atoms with Crippen LogP contribution in [0.25, 0.3) is 11.2 Å². The van der Waals surface area contributed by atoms with E-state index < -0.39 is 0 Å². The largest absolute Gasteiger partial charge is 0.454 e. The van der Waals surface area contributed by atoms with Gasteiger partial charge in [-0.1, -0.05) is 6.07 Å². The van der Waals surface area contributed by atoms with E-state index in [-0.39, 0.29) is 12.7 Å². The Morgan fingerprint density at radius 3 is 2.61 bits per heavy atom. The molecule has 12 heteroatoms. The van der Waals surface area contributed by atoms with Gasteiger partial charge in [0.25, 0.3) is 0 Å². The van der Waals surface area contributed by atoms with Gasteiger partial charge in [-0.05, 0) is 48.4 Å². The molecule has 4 aromatic rings. The summed E-state index contributed by atoms with van der Waals surface area (Å²) in [6.45, 7) is 6.04. The van der Waals surface area contributed by atoms with Gasteiger partial charge in [0.2, 0.25) is 18.6 Å². The first-order valence-electron chi connectivity index (χ1n) is 14.0. The predicted octanol–water partition coefficient (Wildman–Crippen LogP) is 3.37. The molecule has 12 nitrogen and oxygen atoms in total. The number of imidazole rings is 1. The number of benzene rings is 2. The molecule has 2 fully saturated rings. The number of hydrogen-bond acceptors (Lipinski definition) is 10. The standard InChI is InChI=1S/C29H32N8O4/c38-25-2-1-9-36(25)10-11-37-18-31-26-27(32-21-4-6-22(7-5-21)35-12-14-39-15-13-35)33-29(34-28(26)37)30-17-20-3-8-23-24(16-20)41-19-40-23/h3-8,16,18H,1-2,9-15,17,19H2,(H2,30,32,33,34). The third-order valence-electron chi connectivity index (χ3n) is 7.64. The van der Waals surface area contributed by atoms with Crippen LogP contribution in [0.5, 0.6) is 11.5 Å². The van der Waals surface area contributed by atoms with E-state index in [4.69, 9.17) is 24.2 Å². The van der Waals surface area contributed by atoms with Gasteiger partial charge in [0.15, 0.2) is 28.5 Å². The molecule has 0 saturated carbocycles. The summed E-state index contributed by atoms with van der Waals surface area (Å²) >= 11 is 0. The zero-order valence-corrected chi connectivity index (χ0v) is 22.7. The Balaban J connectivity index is 1.14. The van der Waals surface area contributed by atoms with Crippen LogP contribution in [-0.2, 0) is 22.6 Å². The SMILES string of the molecule is O=C1CCCN1CCn1cnc2c(Nc3ccc(N4CCOCC4)cc3)nc(NCc3ccc4c(c3)OCO4)nc21. The summed E-state index contributed by atoms with van der Waals surface area (Å²) in [4.78, 5) is 30.7. The van der Waals surface area contributed by atoms with E-state index >= 15 is 0 Å². The lowest BCUT2D eigenvalue weighted by Gasteiger charge is -2.28. The third-order valence-corrected chi connectivity index (χ3v) is 7.64. The molecule has 0 aliphatic carbocycles. The molecule has 41 heavy (non-hydrogen) atoms. The molecule has 2 aromatic heterocycles. The van der Waals surface area contributed by atoms with Crippen molar-refractivity contribution in [2.45, 2.75) is 25.9 Å². The van der Waals surface area contributed by atoms with Gasteiger partial charge in [0, 0.05) is 57.1 Å². The third kappa shape index (κ3) is 5.42. The molecule has 0 atom stereocenters. The molecule has 2 aromatic carbocycles. The smallest absolute Gasteiger partial charge is 0.231 e. The van der Waals surface area contributed by atoms with Crippen LogP contribution in [0.1, 0.15) is 18.4 Å². The number of fused-ring (bicyclic) bond motifs is 2. The monoisotopic (exact) mass is 556 g/mol. The molecule has 3 aliphatic rings. The minimum atomic E-state index is 0.206. The van der Waals surface area contributed by atoms with Gasteiger partial charge in [-0.25, -0.2) is 4.98 Å². The lowest BCUT2D eigenvalue weighted by atomic mass is 10.2. The molecule has 0 unspecified atom stereocenters. The van der Waals surface area contributed by atoms with E-state index in [2.05, 4.69) is 44.8 Å². The minimum Gasteiger partial charge on any atom is -0.454 e. The number of rotatable bonds is 9. The molecular formula is C29H32N8O4. The second kappa shape index (κ2) is 11.1. The molecule has 7 rings (SSSR count). The maximum atomic E-state index is 12.2. The van der Waals surface area contributed by atoms with Gasteiger partial charge in [-0.15, -0.1) is 0 Å². The summed E-state index contributed by atoms with van der Waals surface area (Å²) < 4.78 is 18.4. The van der Waals surface area contributed by atoms with Gasteiger partial charge in [0.1, 0.15) is 0 Å². The van der Waals surface area contributed by atoms with E-state index in [0.717, 1.165) is 62.0 Å². The van der Waals surface area contributed by atoms with Crippen LogP contribution in [-0.4, -0.2) is 76.5 Å². The van der Waals surface area contributed by atoms with Crippen LogP contribution < -0.4 is 25.0 Å². The van der Waals surface area contributed by atoms with E-state index in [9.17, 15) is 4.79 Å². The van der Waals surface area contributed by atoms with E-state index in [1.807, 2.05) is 27.7 Å². The van der Waals surface area contributed by atoms with Crippen LogP contribution in [0, 0.1) is 0 Å². The highest BCUT2D eigenvalue weighted by Crippen LogP contribution is 2.33. The number of amides is 1. The van der Waals surface area contributed by atoms with Gasteiger partial charge in [-0.3, -0.25) is 4.79 Å². The molecule has 0 radical (unpaired) electrons. The van der Waals surface area contributed by atoms with E-state index in [0.29, 0.717) is 49.0 Å². The summed E-state index contributed by atoms with van der Waals surface area (Å²) in [6.07, 6.45) is 3.31. The minimum absolute atomic E-state index is 0.206. The van der Waals surface area contributed by atoms with Crippen molar-refractivity contribution in [3.63, 3.8) is 0 Å². The number of likely N-dealkylation sites (tertiary alicyclic amines) is 1. The van der Waals surface area contributed by atoms with Crippen molar-refractivity contribution in [3.8, 4) is 11.5 Å². The Bertz CT molecular complexity index is 1550. The lowest BCUT2D eigenvalue weighted by molar-refractivity contribution is -0.127. The molecule has 2 saturated heterocycles. The number of hydrogen-bond donors (Lipinski definition) is 2. The summed E-state index contributed by atoms with van der Waals surface area (Å²) in [6, 6.07) is 14.2. The first-order valence-corrected chi connectivity index (χ1v) is 14.0. The lowest BCUT2D eigenvalue weighted by Crippen LogP contribution is -2.36. The van der Waals surface area contributed by atoms with Gasteiger partial charge >= 0.3 is 0 Å². The van der Waals surface area contributed by atoms with Gasteiger partial charge in [-0.2, -0.15) is 9.97 Å². The first kappa shape index (κ1) is 25.4. The topological polar surface area (TPSA) is 119 Å². The van der Waals surface area contributed by atoms with Crippen molar-refractivity contribution in [1.29, 1.82) is 0 Å². The van der Waals surface area contributed by atoms with Crippen molar-refractivity contribution in [2.75, 3.05) is 61.7 Å². The normalized spacial score (nSPS) is 16.5. The van der Waals surface area contributed by atoms with E-state index in [1.54, 1.807) is 6.33 Å². The first-order chi connectivity index (χ1) is 20.2. The Labute approximate surface area is 237 Å². The second-order valence-corrected chi connectivity index (χ2v) is 10.3. The molecule has 1 amide bonds. The molecule has 5 heterocycles. The second-order valence-electron chi connectivity index (χ2n) is 10.3. The number of ether oxygens (including phenoxy) is 3. The number of anilines is 4. The van der Waals surface area contributed by atoms with Crippen molar-refractivity contribution in [1.82, 2.24) is 24.4 Å². The number of carbonyl (C=O) groups is 1. The molecule has 0 spiro atoms. The zero-order chi connectivity index (χ0) is 27.6. The molecule has 212 valence electrons. The Morgan fingerprint density at radius 2 is 1.78 bits per heavy atom. The average Bonchev–Trinajstić information content (AvgIpc) is 3.75. The fraction of sp³-hybridized carbons (Fsp3) is 0.379. The zero-order valence-electron chi connectivity index (χ0n) is 22.7. The fourth-order valence-electron chi connectivity index (χ4n) is 5.39. The van der Waals surface area contributed by atoms with Crippen molar-refractivity contribution >= 4 is 40.2 Å². The number of morpholine rings is 1. The van der Waals surface area contributed by atoms with Crippen molar-refractivity contribution < 1.29 is 19.0 Å². The fourth-order valence-corrected chi connectivity index (χ4v) is 5.39. The summed E-state index contributed by atoms with van der Waals surface area (Å²) in [5.41, 5.74) is 4.46. The molecular weight excluding hydrogens is 524 g/mol. The Morgan fingerprint density at radius 1 is 0.927 bits per heavy atom. The number of nitrogens with one attached hydrogen (secondary N) is 2. The molecule has 0 bridgehead atoms. The van der Waals surface area contributed by atoms with Gasteiger partial charge < -0.3 is 39.2 Å².